The first-order chi connectivity index (χ1) is 6.74. The van der Waals surface area contributed by atoms with Crippen molar-refractivity contribution in [1.29, 1.82) is 0 Å². The minimum Gasteiger partial charge on any atom is -0.504 e. The van der Waals surface area contributed by atoms with Crippen molar-refractivity contribution in [2.24, 2.45) is 0 Å². The highest BCUT2D eigenvalue weighted by Crippen LogP contribution is 2.06. The largest absolute Gasteiger partial charge is 0.504 e. The van der Waals surface area contributed by atoms with E-state index < -0.39 is 0 Å². The van der Waals surface area contributed by atoms with Crippen molar-refractivity contribution in [3.8, 4) is 5.75 Å². The summed E-state index contributed by atoms with van der Waals surface area (Å²) in [6, 6.07) is 6.56. The summed E-state index contributed by atoms with van der Waals surface area (Å²) in [6.45, 7) is 2.15. The fourth-order valence-corrected chi connectivity index (χ4v) is 1.37. The molecule has 0 heterocycles. The molecule has 0 radical (unpaired) electrons. The van der Waals surface area contributed by atoms with Crippen molar-refractivity contribution in [2.45, 2.75) is 32.6 Å². The van der Waals surface area contributed by atoms with E-state index in [2.05, 4.69) is 6.92 Å². The summed E-state index contributed by atoms with van der Waals surface area (Å²) in [5.74, 6) is -0.174. The molecule has 14 heavy (non-hydrogen) atoms. The summed E-state index contributed by atoms with van der Waals surface area (Å²) in [6.07, 6.45) is 4.37. The molecule has 0 fully saturated rings. The number of hydrogen-bond donors (Lipinski definition) is 1. The standard InChI is InChI=1S/C12H16O2/c1-2-3-4-6-10-7-5-8-11(13)12(14)9-10/h5,7-9H,2-4,6H2,1H3,(H,13,14). The van der Waals surface area contributed by atoms with Gasteiger partial charge in [0, 0.05) is 0 Å². The Bertz CT molecular complexity index is 345. The van der Waals surface area contributed by atoms with E-state index in [1.54, 1.807) is 6.07 Å². The van der Waals surface area contributed by atoms with Crippen LogP contribution in [-0.2, 0) is 6.42 Å². The van der Waals surface area contributed by atoms with Gasteiger partial charge in [-0.05, 0) is 30.5 Å². The van der Waals surface area contributed by atoms with E-state index in [1.807, 2.05) is 6.07 Å². The van der Waals surface area contributed by atoms with E-state index in [-0.39, 0.29) is 11.2 Å². The van der Waals surface area contributed by atoms with E-state index in [0.29, 0.717) is 0 Å². The number of rotatable bonds is 4. The molecule has 0 aliphatic rings. The van der Waals surface area contributed by atoms with E-state index in [1.165, 1.54) is 25.0 Å². The molecule has 1 aromatic rings. The molecule has 0 aromatic heterocycles. The topological polar surface area (TPSA) is 37.3 Å². The predicted octanol–water partition coefficient (Wildman–Crippen LogP) is 2.49. The molecule has 0 unspecified atom stereocenters. The van der Waals surface area contributed by atoms with Gasteiger partial charge in [-0.1, -0.05) is 31.9 Å². The predicted molar refractivity (Wildman–Crippen MR) is 57.6 cm³/mol. The van der Waals surface area contributed by atoms with Crippen molar-refractivity contribution in [3.05, 3.63) is 40.1 Å². The van der Waals surface area contributed by atoms with Crippen LogP contribution < -0.4 is 5.43 Å². The van der Waals surface area contributed by atoms with Crippen molar-refractivity contribution in [1.82, 2.24) is 0 Å². The van der Waals surface area contributed by atoms with Gasteiger partial charge in [0.05, 0.1) is 0 Å². The summed E-state index contributed by atoms with van der Waals surface area (Å²) >= 11 is 0. The maximum absolute atomic E-state index is 11.2. The van der Waals surface area contributed by atoms with Crippen molar-refractivity contribution < 1.29 is 5.11 Å². The van der Waals surface area contributed by atoms with Crippen LogP contribution in [0.5, 0.6) is 5.75 Å². The third kappa shape index (κ3) is 3.21. The number of unbranched alkanes of at least 4 members (excludes halogenated alkanes) is 2. The maximum atomic E-state index is 11.2. The van der Waals surface area contributed by atoms with E-state index in [4.69, 9.17) is 5.11 Å². The molecule has 1 N–H and O–H groups in total. The van der Waals surface area contributed by atoms with Crippen LogP contribution >= 0.6 is 0 Å². The highest BCUT2D eigenvalue weighted by molar-refractivity contribution is 5.23. The van der Waals surface area contributed by atoms with Crippen LogP contribution in [0, 0.1) is 0 Å². The lowest BCUT2D eigenvalue weighted by Crippen LogP contribution is -1.95. The fourth-order valence-electron chi connectivity index (χ4n) is 1.37. The third-order valence-electron chi connectivity index (χ3n) is 2.20. The first kappa shape index (κ1) is 10.8. The zero-order valence-corrected chi connectivity index (χ0v) is 8.49. The molecule has 0 aliphatic heterocycles. The van der Waals surface area contributed by atoms with E-state index in [0.717, 1.165) is 18.4 Å². The highest BCUT2D eigenvalue weighted by Gasteiger charge is 1.96. The fraction of sp³-hybridized carbons (Fsp3) is 0.417. The Morgan fingerprint density at radius 3 is 2.79 bits per heavy atom. The lowest BCUT2D eigenvalue weighted by atomic mass is 10.1. The van der Waals surface area contributed by atoms with Crippen molar-refractivity contribution in [2.75, 3.05) is 0 Å². The molecule has 0 aliphatic carbocycles. The molecule has 1 rings (SSSR count). The molecule has 2 heteroatoms. The van der Waals surface area contributed by atoms with Crippen LogP contribution in [0.25, 0.3) is 0 Å². The van der Waals surface area contributed by atoms with E-state index >= 15 is 0 Å². The maximum Gasteiger partial charge on any atom is 0.220 e. The molecule has 76 valence electrons. The van der Waals surface area contributed by atoms with Crippen LogP contribution in [0.4, 0.5) is 0 Å². The lowest BCUT2D eigenvalue weighted by molar-refractivity contribution is 0.471. The third-order valence-corrected chi connectivity index (χ3v) is 2.20. The van der Waals surface area contributed by atoms with Crippen LogP contribution in [0.1, 0.15) is 31.7 Å². The molecule has 0 saturated carbocycles. The smallest absolute Gasteiger partial charge is 0.220 e. The quantitative estimate of drug-likeness (QED) is 0.744. The van der Waals surface area contributed by atoms with Crippen LogP contribution in [0.15, 0.2) is 29.1 Å². The van der Waals surface area contributed by atoms with Gasteiger partial charge in [-0.3, -0.25) is 4.79 Å². The Labute approximate surface area is 84.2 Å². The van der Waals surface area contributed by atoms with Crippen LogP contribution in [0.2, 0.25) is 0 Å². The number of hydrogen-bond acceptors (Lipinski definition) is 2. The first-order valence-electron chi connectivity index (χ1n) is 5.06. The Balaban J connectivity index is 2.75. The molecule has 0 atom stereocenters. The summed E-state index contributed by atoms with van der Waals surface area (Å²) in [7, 11) is 0. The molecule has 0 bridgehead atoms. The zero-order valence-electron chi connectivity index (χ0n) is 8.49. The normalized spacial score (nSPS) is 10.1. The number of aromatic hydroxyl groups is 1. The minimum atomic E-state index is -0.290. The molecular weight excluding hydrogens is 176 g/mol. The Morgan fingerprint density at radius 2 is 2.07 bits per heavy atom. The molecule has 2 nitrogen and oxygen atoms in total. The molecule has 0 spiro atoms. The van der Waals surface area contributed by atoms with Gasteiger partial charge < -0.3 is 5.11 Å². The molecule has 0 saturated heterocycles. The number of aryl methyl sites for hydroxylation is 1. The van der Waals surface area contributed by atoms with Gasteiger partial charge >= 0.3 is 0 Å². The summed E-state index contributed by atoms with van der Waals surface area (Å²) < 4.78 is 0. The summed E-state index contributed by atoms with van der Waals surface area (Å²) in [5, 5.41) is 9.16. The second-order valence-corrected chi connectivity index (χ2v) is 3.45. The lowest BCUT2D eigenvalue weighted by Gasteiger charge is -1.95. The molecule has 1 aromatic carbocycles. The minimum absolute atomic E-state index is 0.174. The Kier molecular flexibility index (Phi) is 4.17. The second-order valence-electron chi connectivity index (χ2n) is 3.45. The van der Waals surface area contributed by atoms with E-state index in [9.17, 15) is 4.79 Å². The van der Waals surface area contributed by atoms with Gasteiger partial charge in [0.1, 0.15) is 0 Å². The zero-order chi connectivity index (χ0) is 10.4. The Hall–Kier alpha value is -1.31. The van der Waals surface area contributed by atoms with Gasteiger partial charge in [0.15, 0.2) is 5.75 Å². The highest BCUT2D eigenvalue weighted by atomic mass is 16.3. The van der Waals surface area contributed by atoms with Gasteiger partial charge in [0.25, 0.3) is 0 Å². The summed E-state index contributed by atoms with van der Waals surface area (Å²) in [5.41, 5.74) is 0.713. The average molecular weight is 192 g/mol. The van der Waals surface area contributed by atoms with Crippen LogP contribution in [0.3, 0.4) is 0 Å². The first-order valence-corrected chi connectivity index (χ1v) is 5.06. The van der Waals surface area contributed by atoms with Crippen molar-refractivity contribution >= 4 is 0 Å². The van der Waals surface area contributed by atoms with Crippen LogP contribution in [-0.4, -0.2) is 5.11 Å². The van der Waals surface area contributed by atoms with Gasteiger partial charge in [-0.15, -0.1) is 0 Å². The van der Waals surface area contributed by atoms with Gasteiger partial charge in [-0.25, -0.2) is 0 Å². The average Bonchev–Trinajstić information content (AvgIpc) is 2.31. The SMILES string of the molecule is CCCCCc1cccc(O)c(=O)c1. The summed E-state index contributed by atoms with van der Waals surface area (Å²) in [4.78, 5) is 11.2. The molecule has 0 amide bonds. The Morgan fingerprint density at radius 1 is 1.29 bits per heavy atom. The monoisotopic (exact) mass is 192 g/mol. The van der Waals surface area contributed by atoms with Gasteiger partial charge in [-0.2, -0.15) is 0 Å². The van der Waals surface area contributed by atoms with Crippen molar-refractivity contribution in [3.63, 3.8) is 0 Å². The van der Waals surface area contributed by atoms with Gasteiger partial charge in [0.2, 0.25) is 5.43 Å². The molecular formula is C12H16O2. The second kappa shape index (κ2) is 5.43.